The van der Waals surface area contributed by atoms with Crippen LogP contribution in [0.2, 0.25) is 0 Å². The van der Waals surface area contributed by atoms with Crippen molar-refractivity contribution in [2.75, 3.05) is 25.6 Å². The number of aromatic nitrogens is 3. The number of hydrogen-bond acceptors (Lipinski definition) is 6. The summed E-state index contributed by atoms with van der Waals surface area (Å²) < 4.78 is 4.85. The van der Waals surface area contributed by atoms with Crippen LogP contribution in [0.1, 0.15) is 31.7 Å². The average molecular weight is 254 g/mol. The van der Waals surface area contributed by atoms with E-state index in [1.54, 1.807) is 7.11 Å². The molecule has 2 N–H and O–H groups in total. The number of aliphatic hydroxyl groups excluding tert-OH is 1. The van der Waals surface area contributed by atoms with Gasteiger partial charge in [0.05, 0.1) is 24.1 Å². The molecule has 0 aliphatic carbocycles. The number of nitrogens with zero attached hydrogens (tertiary/aromatic N) is 3. The van der Waals surface area contributed by atoms with E-state index in [2.05, 4.69) is 27.4 Å². The maximum absolute atomic E-state index is 9.49. The van der Waals surface area contributed by atoms with Crippen molar-refractivity contribution >= 4 is 5.95 Å². The zero-order valence-corrected chi connectivity index (χ0v) is 11.3. The van der Waals surface area contributed by atoms with Crippen molar-refractivity contribution in [1.82, 2.24) is 15.2 Å². The van der Waals surface area contributed by atoms with Gasteiger partial charge in [-0.1, -0.05) is 13.8 Å². The van der Waals surface area contributed by atoms with Gasteiger partial charge in [-0.3, -0.25) is 0 Å². The summed E-state index contributed by atoms with van der Waals surface area (Å²) >= 11 is 0. The molecule has 0 aliphatic heterocycles. The highest BCUT2D eigenvalue weighted by molar-refractivity contribution is 5.25. The van der Waals surface area contributed by atoms with Crippen molar-refractivity contribution in [3.8, 4) is 0 Å². The van der Waals surface area contributed by atoms with Crippen LogP contribution in [0.25, 0.3) is 0 Å². The topological polar surface area (TPSA) is 80.2 Å². The number of anilines is 1. The first-order valence-corrected chi connectivity index (χ1v) is 6.34. The Bertz CT molecular complexity index is 360. The molecule has 1 atom stereocenters. The molecule has 0 spiro atoms. The largest absolute Gasteiger partial charge is 0.391 e. The van der Waals surface area contributed by atoms with Gasteiger partial charge in [0, 0.05) is 13.7 Å². The first-order valence-electron chi connectivity index (χ1n) is 6.34. The Hall–Kier alpha value is -1.27. The van der Waals surface area contributed by atoms with E-state index < -0.39 is 6.10 Å². The zero-order valence-electron chi connectivity index (χ0n) is 11.3. The lowest BCUT2D eigenvalue weighted by Crippen LogP contribution is -2.19. The van der Waals surface area contributed by atoms with E-state index >= 15 is 0 Å². The quantitative estimate of drug-likeness (QED) is 0.714. The third-order valence-electron chi connectivity index (χ3n) is 2.63. The third-order valence-corrected chi connectivity index (χ3v) is 2.63. The molecule has 1 heterocycles. The molecule has 0 aliphatic rings. The van der Waals surface area contributed by atoms with Crippen LogP contribution in [0.5, 0.6) is 0 Å². The van der Waals surface area contributed by atoms with Crippen LogP contribution in [0.3, 0.4) is 0 Å². The maximum Gasteiger partial charge on any atom is 0.242 e. The molecule has 18 heavy (non-hydrogen) atoms. The summed E-state index contributed by atoms with van der Waals surface area (Å²) in [6.07, 6.45) is 1.82. The summed E-state index contributed by atoms with van der Waals surface area (Å²) in [5.41, 5.74) is 1.93. The van der Waals surface area contributed by atoms with E-state index in [1.165, 1.54) is 0 Å². The van der Waals surface area contributed by atoms with Gasteiger partial charge in [0.1, 0.15) is 0 Å². The van der Waals surface area contributed by atoms with Crippen molar-refractivity contribution in [1.29, 1.82) is 0 Å². The summed E-state index contributed by atoms with van der Waals surface area (Å²) in [6, 6.07) is 0. The van der Waals surface area contributed by atoms with Crippen molar-refractivity contribution in [3.05, 3.63) is 11.4 Å². The normalized spacial score (nSPS) is 12.4. The van der Waals surface area contributed by atoms with E-state index in [1.807, 2.05) is 6.92 Å². The second-order valence-electron chi connectivity index (χ2n) is 4.06. The molecule has 102 valence electrons. The van der Waals surface area contributed by atoms with E-state index in [0.717, 1.165) is 24.2 Å². The van der Waals surface area contributed by atoms with Gasteiger partial charge in [-0.05, 0) is 19.3 Å². The van der Waals surface area contributed by atoms with Gasteiger partial charge in [-0.15, -0.1) is 5.10 Å². The number of rotatable bonds is 8. The molecule has 6 heteroatoms. The van der Waals surface area contributed by atoms with Crippen LogP contribution < -0.4 is 5.32 Å². The fourth-order valence-electron chi connectivity index (χ4n) is 1.64. The molecule has 1 aromatic rings. The van der Waals surface area contributed by atoms with Gasteiger partial charge < -0.3 is 15.2 Å². The molecular weight excluding hydrogens is 232 g/mol. The Kier molecular flexibility index (Phi) is 6.53. The average Bonchev–Trinajstić information content (AvgIpc) is 2.38. The predicted octanol–water partition coefficient (Wildman–Crippen LogP) is 0.806. The molecule has 0 saturated heterocycles. The maximum atomic E-state index is 9.49. The lowest BCUT2D eigenvalue weighted by Gasteiger charge is -2.10. The lowest BCUT2D eigenvalue weighted by molar-refractivity contribution is 0.0615. The Morgan fingerprint density at radius 2 is 1.94 bits per heavy atom. The lowest BCUT2D eigenvalue weighted by atomic mass is 10.2. The van der Waals surface area contributed by atoms with Gasteiger partial charge in [-0.2, -0.15) is 5.10 Å². The van der Waals surface area contributed by atoms with Gasteiger partial charge in [0.15, 0.2) is 0 Å². The van der Waals surface area contributed by atoms with Gasteiger partial charge in [0.2, 0.25) is 5.95 Å². The monoisotopic (exact) mass is 254 g/mol. The number of hydrogen-bond donors (Lipinski definition) is 2. The Morgan fingerprint density at radius 3 is 2.56 bits per heavy atom. The standard InChI is InChI=1S/C12H22N4O2/c1-4-10-11(5-2)15-16-12(14-10)13-7-6-9(17)8-18-3/h9,17H,4-8H2,1-3H3,(H,13,14,16). The number of ether oxygens (including phenoxy) is 1. The molecular formula is C12H22N4O2. The van der Waals surface area contributed by atoms with Gasteiger partial charge in [0.25, 0.3) is 0 Å². The van der Waals surface area contributed by atoms with Crippen molar-refractivity contribution in [3.63, 3.8) is 0 Å². The molecule has 0 bridgehead atoms. The van der Waals surface area contributed by atoms with Gasteiger partial charge in [-0.25, -0.2) is 4.98 Å². The van der Waals surface area contributed by atoms with Gasteiger partial charge >= 0.3 is 0 Å². The summed E-state index contributed by atoms with van der Waals surface area (Å²) in [5, 5.41) is 20.7. The summed E-state index contributed by atoms with van der Waals surface area (Å²) in [7, 11) is 1.57. The van der Waals surface area contributed by atoms with E-state index in [-0.39, 0.29) is 0 Å². The van der Waals surface area contributed by atoms with Crippen LogP contribution in [0, 0.1) is 0 Å². The fraction of sp³-hybridized carbons (Fsp3) is 0.750. The van der Waals surface area contributed by atoms with Crippen LogP contribution in [0.4, 0.5) is 5.95 Å². The number of methoxy groups -OCH3 is 1. The second kappa shape index (κ2) is 7.94. The van der Waals surface area contributed by atoms with E-state index in [0.29, 0.717) is 25.5 Å². The minimum Gasteiger partial charge on any atom is -0.391 e. The number of aryl methyl sites for hydroxylation is 2. The molecule has 1 unspecified atom stereocenters. The SMILES string of the molecule is CCc1nnc(NCCC(O)COC)nc1CC. The Morgan fingerprint density at radius 1 is 1.22 bits per heavy atom. The molecule has 1 rings (SSSR count). The van der Waals surface area contributed by atoms with Crippen LogP contribution in [-0.4, -0.2) is 46.7 Å². The van der Waals surface area contributed by atoms with Crippen LogP contribution in [-0.2, 0) is 17.6 Å². The highest BCUT2D eigenvalue weighted by Crippen LogP contribution is 2.06. The van der Waals surface area contributed by atoms with Crippen LogP contribution in [0.15, 0.2) is 0 Å². The highest BCUT2D eigenvalue weighted by atomic mass is 16.5. The first-order chi connectivity index (χ1) is 8.71. The minimum atomic E-state index is -0.462. The van der Waals surface area contributed by atoms with Crippen molar-refractivity contribution in [2.45, 2.75) is 39.2 Å². The third kappa shape index (κ3) is 4.54. The highest BCUT2D eigenvalue weighted by Gasteiger charge is 2.07. The molecule has 1 aromatic heterocycles. The fourth-order valence-corrected chi connectivity index (χ4v) is 1.64. The molecule has 0 aromatic carbocycles. The van der Waals surface area contributed by atoms with E-state index in [9.17, 15) is 5.11 Å². The smallest absolute Gasteiger partial charge is 0.242 e. The molecule has 0 radical (unpaired) electrons. The molecule has 0 amide bonds. The van der Waals surface area contributed by atoms with Crippen molar-refractivity contribution < 1.29 is 9.84 Å². The second-order valence-corrected chi connectivity index (χ2v) is 4.06. The molecule has 0 saturated carbocycles. The van der Waals surface area contributed by atoms with E-state index in [4.69, 9.17) is 4.74 Å². The first kappa shape index (κ1) is 14.8. The Labute approximate surface area is 108 Å². The summed E-state index contributed by atoms with van der Waals surface area (Å²) in [5.74, 6) is 0.522. The zero-order chi connectivity index (χ0) is 13.4. The predicted molar refractivity (Wildman–Crippen MR) is 69.6 cm³/mol. The number of aliphatic hydroxyl groups is 1. The Balaban J connectivity index is 2.47. The summed E-state index contributed by atoms with van der Waals surface area (Å²) in [6.45, 7) is 5.03. The molecule has 6 nitrogen and oxygen atoms in total. The van der Waals surface area contributed by atoms with Crippen LogP contribution >= 0.6 is 0 Å². The summed E-state index contributed by atoms with van der Waals surface area (Å²) in [4.78, 5) is 4.41. The molecule has 0 fully saturated rings. The number of nitrogens with one attached hydrogen (secondary N) is 1. The van der Waals surface area contributed by atoms with Crippen molar-refractivity contribution in [2.24, 2.45) is 0 Å². The minimum absolute atomic E-state index is 0.343.